The molecule has 8 heteroatoms. The summed E-state index contributed by atoms with van der Waals surface area (Å²) in [4.78, 5) is 28.4. The number of aromatic nitrogens is 1. The van der Waals surface area contributed by atoms with E-state index >= 15 is 0 Å². The number of H-pyrrole nitrogens is 1. The van der Waals surface area contributed by atoms with E-state index in [9.17, 15) is 18.0 Å². The summed E-state index contributed by atoms with van der Waals surface area (Å²) < 4.78 is 27.8. The predicted octanol–water partition coefficient (Wildman–Crippen LogP) is 1.83. The number of sulfonamides is 1. The van der Waals surface area contributed by atoms with E-state index in [4.69, 9.17) is 0 Å². The molecule has 1 aromatic heterocycles. The van der Waals surface area contributed by atoms with Crippen LogP contribution in [0.4, 0.5) is 5.69 Å². The molecule has 1 aliphatic rings. The van der Waals surface area contributed by atoms with Gasteiger partial charge in [0.05, 0.1) is 11.3 Å². The summed E-state index contributed by atoms with van der Waals surface area (Å²) in [7, 11) is -2.16. The van der Waals surface area contributed by atoms with Crippen molar-refractivity contribution in [2.45, 2.75) is 24.8 Å². The van der Waals surface area contributed by atoms with Crippen LogP contribution in [0.15, 0.2) is 52.2 Å². The average Bonchev–Trinajstić information content (AvgIpc) is 2.93. The Morgan fingerprint density at radius 1 is 1.11 bits per heavy atom. The normalized spacial score (nSPS) is 13.9. The first kappa shape index (κ1) is 18.4. The monoisotopic (exact) mass is 397 g/mol. The Labute approximate surface area is 162 Å². The Hall–Kier alpha value is -2.97. The summed E-state index contributed by atoms with van der Waals surface area (Å²) in [6.45, 7) is 1.80. The molecule has 0 saturated heterocycles. The van der Waals surface area contributed by atoms with E-state index in [0.717, 1.165) is 10.9 Å². The number of hydrogen-bond donors (Lipinski definition) is 2. The molecule has 144 valence electrons. The highest BCUT2D eigenvalue weighted by Gasteiger charge is 2.26. The lowest BCUT2D eigenvalue weighted by Gasteiger charge is -2.11. The van der Waals surface area contributed by atoms with E-state index in [1.54, 1.807) is 19.2 Å². The van der Waals surface area contributed by atoms with Crippen molar-refractivity contribution in [3.05, 3.63) is 69.5 Å². The fourth-order valence-electron chi connectivity index (χ4n) is 3.36. The molecular formula is C20H19N3O4S. The number of aryl methyl sites for hydroxylation is 1. The van der Waals surface area contributed by atoms with Crippen molar-refractivity contribution in [3.63, 3.8) is 0 Å². The minimum absolute atomic E-state index is 0.0715. The van der Waals surface area contributed by atoms with Crippen LogP contribution in [0.1, 0.15) is 16.7 Å². The highest BCUT2D eigenvalue weighted by molar-refractivity contribution is 7.89. The average molecular weight is 397 g/mol. The summed E-state index contributed by atoms with van der Waals surface area (Å²) in [5, 5.41) is 0.832. The molecular weight excluding hydrogens is 378 g/mol. The van der Waals surface area contributed by atoms with Crippen LogP contribution in [0.25, 0.3) is 10.9 Å². The zero-order chi connectivity index (χ0) is 20.1. The second kappa shape index (κ2) is 6.57. The van der Waals surface area contributed by atoms with Crippen molar-refractivity contribution in [3.8, 4) is 0 Å². The second-order valence-electron chi connectivity index (χ2n) is 6.96. The van der Waals surface area contributed by atoms with Crippen molar-refractivity contribution in [1.82, 2.24) is 9.71 Å². The summed E-state index contributed by atoms with van der Waals surface area (Å²) in [6.07, 6.45) is 0.180. The molecule has 0 radical (unpaired) electrons. The van der Waals surface area contributed by atoms with Gasteiger partial charge >= 0.3 is 0 Å². The Kier molecular flexibility index (Phi) is 4.32. The molecule has 1 aliphatic heterocycles. The van der Waals surface area contributed by atoms with Crippen LogP contribution in [-0.4, -0.2) is 26.4 Å². The molecule has 4 rings (SSSR count). The van der Waals surface area contributed by atoms with Gasteiger partial charge in [-0.05, 0) is 53.8 Å². The van der Waals surface area contributed by atoms with Crippen molar-refractivity contribution < 1.29 is 13.2 Å². The summed E-state index contributed by atoms with van der Waals surface area (Å²) in [5.74, 6) is -0.0737. The van der Waals surface area contributed by atoms with Crippen LogP contribution in [0.5, 0.6) is 0 Å². The zero-order valence-corrected chi connectivity index (χ0v) is 16.3. The molecule has 0 bridgehead atoms. The van der Waals surface area contributed by atoms with Crippen molar-refractivity contribution in [1.29, 1.82) is 0 Å². The number of carbonyl (C=O) groups is 1. The molecule has 0 aliphatic carbocycles. The largest absolute Gasteiger partial charge is 0.322 e. The maximum atomic E-state index is 12.7. The number of fused-ring (bicyclic) bond motifs is 2. The van der Waals surface area contributed by atoms with E-state index in [2.05, 4.69) is 9.71 Å². The van der Waals surface area contributed by atoms with Gasteiger partial charge in [-0.25, -0.2) is 13.1 Å². The van der Waals surface area contributed by atoms with Crippen LogP contribution in [0, 0.1) is 6.92 Å². The molecule has 2 heterocycles. The molecule has 0 saturated carbocycles. The Morgan fingerprint density at radius 2 is 1.89 bits per heavy atom. The van der Waals surface area contributed by atoms with Gasteiger partial charge in [0, 0.05) is 30.4 Å². The first-order chi connectivity index (χ1) is 13.2. The van der Waals surface area contributed by atoms with Crippen LogP contribution >= 0.6 is 0 Å². The van der Waals surface area contributed by atoms with Gasteiger partial charge in [0.25, 0.3) is 5.56 Å². The van der Waals surface area contributed by atoms with Crippen molar-refractivity contribution >= 4 is 32.5 Å². The lowest BCUT2D eigenvalue weighted by Crippen LogP contribution is -2.27. The molecule has 0 spiro atoms. The minimum atomic E-state index is -3.82. The quantitative estimate of drug-likeness (QED) is 0.702. The molecule has 0 fully saturated rings. The highest BCUT2D eigenvalue weighted by Crippen LogP contribution is 2.29. The second-order valence-corrected chi connectivity index (χ2v) is 8.73. The van der Waals surface area contributed by atoms with Gasteiger partial charge in [0.1, 0.15) is 0 Å². The van der Waals surface area contributed by atoms with Crippen LogP contribution in [0.2, 0.25) is 0 Å². The number of aromatic amines is 1. The van der Waals surface area contributed by atoms with E-state index in [-0.39, 0.29) is 29.3 Å². The Morgan fingerprint density at radius 3 is 2.68 bits per heavy atom. The highest BCUT2D eigenvalue weighted by atomic mass is 32.2. The third kappa shape index (κ3) is 3.21. The van der Waals surface area contributed by atoms with Crippen LogP contribution in [-0.2, 0) is 27.8 Å². The zero-order valence-electron chi connectivity index (χ0n) is 15.4. The van der Waals surface area contributed by atoms with Crippen LogP contribution in [0.3, 0.4) is 0 Å². The summed E-state index contributed by atoms with van der Waals surface area (Å²) >= 11 is 0. The molecule has 0 unspecified atom stereocenters. The number of likely N-dealkylation sites (N-methyl/N-ethyl adjacent to an activating group) is 1. The molecule has 2 aromatic carbocycles. The Balaban J connectivity index is 1.60. The molecule has 1 amide bonds. The molecule has 28 heavy (non-hydrogen) atoms. The third-order valence-electron chi connectivity index (χ3n) is 4.97. The van der Waals surface area contributed by atoms with Gasteiger partial charge < -0.3 is 9.88 Å². The number of nitrogens with zero attached hydrogens (tertiary/aromatic N) is 1. The summed E-state index contributed by atoms with van der Waals surface area (Å²) in [6, 6.07) is 12.0. The molecule has 7 nitrogen and oxygen atoms in total. The first-order valence-corrected chi connectivity index (χ1v) is 10.2. The molecule has 3 aromatic rings. The van der Waals surface area contributed by atoms with E-state index in [0.29, 0.717) is 22.3 Å². The lowest BCUT2D eigenvalue weighted by molar-refractivity contribution is -0.117. The maximum absolute atomic E-state index is 12.7. The van der Waals surface area contributed by atoms with Crippen molar-refractivity contribution in [2.75, 3.05) is 11.9 Å². The fraction of sp³-hybridized carbons (Fsp3) is 0.200. The first-order valence-electron chi connectivity index (χ1n) is 8.76. The SMILES string of the molecule is Cc1ccc2cc(CNS(=O)(=O)c3ccc4c(c3)CC(=O)N4C)c(=O)[nH]c2c1. The van der Waals surface area contributed by atoms with Gasteiger partial charge in [-0.2, -0.15) is 0 Å². The number of carbonyl (C=O) groups excluding carboxylic acids is 1. The lowest BCUT2D eigenvalue weighted by atomic mass is 10.1. The predicted molar refractivity (Wildman–Crippen MR) is 107 cm³/mol. The van der Waals surface area contributed by atoms with Gasteiger partial charge in [0.15, 0.2) is 0 Å². The Bertz CT molecular complexity index is 1280. The van der Waals surface area contributed by atoms with Crippen molar-refractivity contribution in [2.24, 2.45) is 0 Å². The van der Waals surface area contributed by atoms with Gasteiger partial charge in [-0.1, -0.05) is 12.1 Å². The fourth-order valence-corrected chi connectivity index (χ4v) is 4.42. The number of rotatable bonds is 4. The third-order valence-corrected chi connectivity index (χ3v) is 6.37. The number of nitrogens with one attached hydrogen (secondary N) is 2. The number of anilines is 1. The number of amides is 1. The maximum Gasteiger partial charge on any atom is 0.252 e. The summed E-state index contributed by atoms with van der Waals surface area (Å²) in [5.41, 5.74) is 3.12. The van der Waals surface area contributed by atoms with Gasteiger partial charge in [0.2, 0.25) is 15.9 Å². The van der Waals surface area contributed by atoms with E-state index < -0.39 is 10.0 Å². The number of hydrogen-bond acceptors (Lipinski definition) is 4. The van der Waals surface area contributed by atoms with E-state index in [1.165, 1.54) is 17.0 Å². The smallest absolute Gasteiger partial charge is 0.252 e. The minimum Gasteiger partial charge on any atom is -0.322 e. The number of benzene rings is 2. The standard InChI is InChI=1S/C20H19N3O4S/c1-12-3-4-13-8-15(20(25)22-17(13)7-12)11-21-28(26,27)16-5-6-18-14(9-16)10-19(24)23(18)2/h3-9,21H,10-11H2,1-2H3,(H,22,25). The topological polar surface area (TPSA) is 99.3 Å². The van der Waals surface area contributed by atoms with Gasteiger partial charge in [-0.3, -0.25) is 9.59 Å². The number of pyridine rings is 1. The molecule has 2 N–H and O–H groups in total. The van der Waals surface area contributed by atoms with Crippen LogP contribution < -0.4 is 15.2 Å². The molecule has 0 atom stereocenters. The van der Waals surface area contributed by atoms with Gasteiger partial charge in [-0.15, -0.1) is 0 Å². The van der Waals surface area contributed by atoms with E-state index in [1.807, 2.05) is 25.1 Å².